The van der Waals surface area contributed by atoms with Crippen LogP contribution >= 0.6 is 0 Å². The van der Waals surface area contributed by atoms with Crippen molar-refractivity contribution in [2.24, 2.45) is 4.99 Å². The molecule has 2 aliphatic heterocycles. The average molecular weight is 443 g/mol. The van der Waals surface area contributed by atoms with Crippen LogP contribution < -0.4 is 4.67 Å². The van der Waals surface area contributed by atoms with Gasteiger partial charge in [-0.25, -0.2) is 0 Å². The molecule has 3 nitrogen and oxygen atoms in total. The van der Waals surface area contributed by atoms with E-state index in [2.05, 4.69) is 9.66 Å². The first-order valence-corrected chi connectivity index (χ1v) is 9.63. The number of rotatable bonds is 4. The largest absolute Gasteiger partial charge is 0.416 e. The van der Waals surface area contributed by atoms with Gasteiger partial charge in [-0.1, -0.05) is 41.1 Å². The highest BCUT2D eigenvalue weighted by molar-refractivity contribution is 6.52. The molecule has 0 aliphatic carbocycles. The third-order valence-corrected chi connectivity index (χ3v) is 5.04. The first-order valence-electron chi connectivity index (χ1n) is 9.63. The zero-order valence-corrected chi connectivity index (χ0v) is 16.7. The molecule has 0 saturated heterocycles. The third kappa shape index (κ3) is 4.22. The number of aliphatic imine (C=N–C) groups is 1. The maximum Gasteiger partial charge on any atom is 0.416 e. The lowest BCUT2D eigenvalue weighted by molar-refractivity contribution is -0.137. The fraction of sp³-hybridized carbons (Fsp3) is 0.167. The van der Waals surface area contributed by atoms with Gasteiger partial charge in [0.15, 0.2) is 0 Å². The monoisotopic (exact) mass is 443 g/mol. The van der Waals surface area contributed by atoms with Crippen LogP contribution in [0.3, 0.4) is 0 Å². The molecule has 0 amide bonds. The highest BCUT2D eigenvalue weighted by atomic mass is 19.4. The first-order chi connectivity index (χ1) is 15.0. The molecular formula is C24H16F5N2O+. The smallest absolute Gasteiger partial charge is 0.281 e. The van der Waals surface area contributed by atoms with Crippen LogP contribution in [0.1, 0.15) is 29.7 Å². The van der Waals surface area contributed by atoms with Crippen molar-refractivity contribution in [1.29, 1.82) is 0 Å². The van der Waals surface area contributed by atoms with E-state index < -0.39 is 35.2 Å². The summed E-state index contributed by atoms with van der Waals surface area (Å²) in [6.45, 7) is 0.706. The molecule has 2 heterocycles. The lowest BCUT2D eigenvalue weighted by Gasteiger charge is -2.11. The van der Waals surface area contributed by atoms with E-state index in [0.29, 0.717) is 12.5 Å². The minimum absolute atomic E-state index is 0.120. The summed E-state index contributed by atoms with van der Waals surface area (Å²) in [4.78, 5) is 16.8. The van der Waals surface area contributed by atoms with Crippen LogP contribution in [0.2, 0.25) is 0 Å². The number of ketones is 1. The van der Waals surface area contributed by atoms with Gasteiger partial charge in [0.1, 0.15) is 11.8 Å². The molecule has 0 N–H and O–H groups in total. The van der Waals surface area contributed by atoms with Crippen molar-refractivity contribution in [3.8, 4) is 0 Å². The van der Waals surface area contributed by atoms with E-state index in [-0.39, 0.29) is 22.6 Å². The van der Waals surface area contributed by atoms with Gasteiger partial charge in [-0.15, -0.1) is 0 Å². The van der Waals surface area contributed by atoms with Crippen molar-refractivity contribution in [3.63, 3.8) is 0 Å². The van der Waals surface area contributed by atoms with Crippen LogP contribution in [-0.4, -0.2) is 28.8 Å². The lowest BCUT2D eigenvalue weighted by Crippen LogP contribution is -2.26. The van der Waals surface area contributed by atoms with Gasteiger partial charge in [-0.3, -0.25) is 9.79 Å². The summed E-state index contributed by atoms with van der Waals surface area (Å²) in [6, 6.07) is 12.2. The first kappa shape index (κ1) is 21.6. The van der Waals surface area contributed by atoms with Crippen molar-refractivity contribution >= 4 is 22.9 Å². The average Bonchev–Trinajstić information content (AvgIpc) is 3.20. The Kier molecular flexibility index (Phi) is 5.26. The summed E-state index contributed by atoms with van der Waals surface area (Å²) in [6.07, 6.45) is -0.927. The van der Waals surface area contributed by atoms with Crippen molar-refractivity contribution in [2.45, 2.75) is 25.1 Å². The molecule has 8 heteroatoms. The Labute approximate surface area is 180 Å². The number of nitrogens with zero attached hydrogens (tertiary/aromatic N) is 2. The molecular weight excluding hydrogens is 427 g/mol. The van der Waals surface area contributed by atoms with Crippen LogP contribution in [-0.2, 0) is 11.0 Å². The Hall–Kier alpha value is -3.64. The summed E-state index contributed by atoms with van der Waals surface area (Å²) in [5, 5.41) is 0. The quantitative estimate of drug-likeness (QED) is 0.489. The van der Waals surface area contributed by atoms with Gasteiger partial charge >= 0.3 is 17.6 Å². The van der Waals surface area contributed by atoms with Gasteiger partial charge in [0.05, 0.1) is 16.7 Å². The van der Waals surface area contributed by atoms with Crippen molar-refractivity contribution in [3.05, 3.63) is 95.1 Å². The Bertz CT molecular complexity index is 1240. The fourth-order valence-corrected chi connectivity index (χ4v) is 3.47. The Morgan fingerprint density at radius 2 is 1.66 bits per heavy atom. The number of benzene rings is 2. The lowest BCUT2D eigenvalue weighted by atomic mass is 9.93. The molecule has 0 aromatic heterocycles. The van der Waals surface area contributed by atoms with Gasteiger partial charge in [0.25, 0.3) is 11.7 Å². The van der Waals surface area contributed by atoms with Crippen molar-refractivity contribution < 1.29 is 26.7 Å². The maximum absolute atomic E-state index is 14.0. The van der Waals surface area contributed by atoms with E-state index in [1.807, 2.05) is 0 Å². The second kappa shape index (κ2) is 7.80. The molecule has 162 valence electrons. The van der Waals surface area contributed by atoms with E-state index in [0.717, 1.165) is 18.2 Å². The third-order valence-electron chi connectivity index (χ3n) is 5.04. The van der Waals surface area contributed by atoms with Crippen LogP contribution in [0, 0.1) is 0 Å². The SMILES string of the molecule is CC(F)(F)C1=NC(c2ccccc2)C(C2=[N+]=C(c3cccc(C(F)(F)F)c3)C=CC2=O)=C1. The summed E-state index contributed by atoms with van der Waals surface area (Å²) < 4.78 is 71.6. The van der Waals surface area contributed by atoms with Crippen LogP contribution in [0.15, 0.2) is 83.4 Å². The highest BCUT2D eigenvalue weighted by Gasteiger charge is 2.42. The van der Waals surface area contributed by atoms with Gasteiger partial charge in [0, 0.05) is 19.1 Å². The Morgan fingerprint density at radius 1 is 0.938 bits per heavy atom. The molecule has 2 aromatic carbocycles. The van der Waals surface area contributed by atoms with E-state index >= 15 is 0 Å². The number of carbonyl (C=O) groups excluding carboxylic acids is 1. The topological polar surface area (TPSA) is 43.5 Å². The molecule has 0 spiro atoms. The predicted molar refractivity (Wildman–Crippen MR) is 112 cm³/mol. The minimum atomic E-state index is -4.54. The van der Waals surface area contributed by atoms with E-state index in [9.17, 15) is 26.7 Å². The standard InChI is InChI=1S/C24H16F5N2O/c1-23(25,26)20-13-17(21(31-20)14-6-3-2-4-7-14)22-19(32)11-10-18(30-22)15-8-5-9-16(12-15)24(27,28)29/h2-13,21H,1H3/q+1. The number of halogens is 5. The van der Waals surface area contributed by atoms with Gasteiger partial charge in [-0.2, -0.15) is 22.0 Å². The molecule has 2 aliphatic rings. The minimum Gasteiger partial charge on any atom is -0.281 e. The fourth-order valence-electron chi connectivity index (χ4n) is 3.47. The van der Waals surface area contributed by atoms with E-state index in [1.54, 1.807) is 30.3 Å². The maximum atomic E-state index is 14.0. The number of carbonyl (C=O) groups is 1. The zero-order valence-electron chi connectivity index (χ0n) is 16.7. The van der Waals surface area contributed by atoms with Gasteiger partial charge in [0.2, 0.25) is 0 Å². The highest BCUT2D eigenvalue weighted by Crippen LogP contribution is 2.35. The molecule has 1 unspecified atom stereocenters. The number of hydrogen-bond donors (Lipinski definition) is 0. The van der Waals surface area contributed by atoms with E-state index in [1.165, 1.54) is 24.3 Å². The predicted octanol–water partition coefficient (Wildman–Crippen LogP) is 4.92. The molecule has 32 heavy (non-hydrogen) atoms. The molecule has 2 aromatic rings. The van der Waals surface area contributed by atoms with Crippen LogP contribution in [0.25, 0.3) is 0 Å². The van der Waals surface area contributed by atoms with Gasteiger partial charge in [-0.05, 0) is 29.8 Å². The summed E-state index contributed by atoms with van der Waals surface area (Å²) in [5.74, 6) is -3.78. The second-order valence-electron chi connectivity index (χ2n) is 7.44. The molecule has 0 saturated carbocycles. The van der Waals surface area contributed by atoms with Crippen LogP contribution in [0.5, 0.6) is 0 Å². The summed E-state index contributed by atoms with van der Waals surface area (Å²) >= 11 is 0. The number of hydrogen-bond acceptors (Lipinski definition) is 2. The van der Waals surface area contributed by atoms with E-state index in [4.69, 9.17) is 0 Å². The molecule has 4 rings (SSSR count). The molecule has 1 atom stereocenters. The Morgan fingerprint density at radius 3 is 2.31 bits per heavy atom. The summed E-state index contributed by atoms with van der Waals surface area (Å²) in [5.41, 5.74) is -0.449. The second-order valence-corrected chi connectivity index (χ2v) is 7.44. The van der Waals surface area contributed by atoms with Crippen molar-refractivity contribution in [1.82, 2.24) is 4.67 Å². The Balaban J connectivity index is 1.87. The normalized spacial score (nSPS) is 18.8. The zero-order chi connectivity index (χ0) is 23.1. The van der Waals surface area contributed by atoms with Crippen molar-refractivity contribution in [2.75, 3.05) is 0 Å². The molecule has 0 fully saturated rings. The van der Waals surface area contributed by atoms with Crippen LogP contribution in [0.4, 0.5) is 22.0 Å². The molecule has 0 radical (unpaired) electrons. The molecule has 0 bridgehead atoms. The van der Waals surface area contributed by atoms with Gasteiger partial charge < -0.3 is 0 Å². The number of alkyl halides is 5. The number of allylic oxidation sites excluding steroid dienone is 3. The summed E-state index contributed by atoms with van der Waals surface area (Å²) in [7, 11) is 0.